The highest BCUT2D eigenvalue weighted by Crippen LogP contribution is 2.28. The van der Waals surface area contributed by atoms with Gasteiger partial charge in [-0.15, -0.1) is 24.8 Å². The summed E-state index contributed by atoms with van der Waals surface area (Å²) in [4.78, 5) is 4.81. The Kier molecular flexibility index (Phi) is 9.61. The average Bonchev–Trinajstić information content (AvgIpc) is 3.15. The number of anilines is 1. The molecule has 140 valence electrons. The number of nitrogens with zero attached hydrogens (tertiary/aromatic N) is 2. The van der Waals surface area contributed by atoms with Gasteiger partial charge in [0.25, 0.3) is 0 Å². The number of methoxy groups -OCH3 is 1. The third-order valence-electron chi connectivity index (χ3n) is 4.44. The van der Waals surface area contributed by atoms with E-state index in [0.29, 0.717) is 0 Å². The average molecular weight is 405 g/mol. The smallest absolute Gasteiger partial charge is 0.142 e. The summed E-state index contributed by atoms with van der Waals surface area (Å²) in [6.07, 6.45) is 0.458. The van der Waals surface area contributed by atoms with Gasteiger partial charge < -0.3 is 14.7 Å². The van der Waals surface area contributed by atoms with Crippen molar-refractivity contribution >= 4 is 41.8 Å². The zero-order valence-corrected chi connectivity index (χ0v) is 16.8. The number of thiophene rings is 1. The molecule has 1 N–H and O–H groups in total. The Labute approximate surface area is 166 Å². The van der Waals surface area contributed by atoms with Crippen LogP contribution in [0.25, 0.3) is 0 Å². The number of ether oxygens (including phenoxy) is 1. The Bertz CT molecular complexity index is 605. The summed E-state index contributed by atoms with van der Waals surface area (Å²) in [5, 5.41) is 14.2. The van der Waals surface area contributed by atoms with E-state index in [1.165, 1.54) is 5.69 Å². The maximum atomic E-state index is 10.2. The fourth-order valence-electron chi connectivity index (χ4n) is 3.04. The number of rotatable bonds is 6. The Morgan fingerprint density at radius 3 is 2.48 bits per heavy atom. The molecule has 4 nitrogen and oxygen atoms in total. The Morgan fingerprint density at radius 1 is 1.12 bits per heavy atom. The van der Waals surface area contributed by atoms with Gasteiger partial charge in [-0.25, -0.2) is 0 Å². The fourth-order valence-corrected chi connectivity index (χ4v) is 3.75. The van der Waals surface area contributed by atoms with Crippen LogP contribution in [0.15, 0.2) is 41.1 Å². The molecule has 2 heterocycles. The lowest BCUT2D eigenvalue weighted by molar-refractivity contribution is 0.140. The van der Waals surface area contributed by atoms with Crippen LogP contribution in [0.4, 0.5) is 5.69 Å². The molecular weight excluding hydrogens is 379 g/mol. The predicted octanol–water partition coefficient (Wildman–Crippen LogP) is 3.85. The minimum absolute atomic E-state index is 0. The van der Waals surface area contributed by atoms with Gasteiger partial charge in [-0.3, -0.25) is 4.90 Å². The molecular formula is C18H26Cl2N2O2S. The van der Waals surface area contributed by atoms with Crippen LogP contribution in [0.5, 0.6) is 5.75 Å². The van der Waals surface area contributed by atoms with Crippen molar-refractivity contribution in [2.24, 2.45) is 0 Å². The maximum absolute atomic E-state index is 10.2. The molecule has 0 spiro atoms. The van der Waals surface area contributed by atoms with Gasteiger partial charge in [-0.05, 0) is 40.9 Å². The zero-order chi connectivity index (χ0) is 16.1. The largest absolute Gasteiger partial charge is 0.495 e. The van der Waals surface area contributed by atoms with Crippen LogP contribution in [-0.4, -0.2) is 49.8 Å². The summed E-state index contributed by atoms with van der Waals surface area (Å²) in [6, 6.07) is 10.2. The van der Waals surface area contributed by atoms with E-state index in [0.717, 1.165) is 50.5 Å². The molecule has 0 aliphatic carbocycles. The lowest BCUT2D eigenvalue weighted by Gasteiger charge is -2.36. The number of hydrogen-bond acceptors (Lipinski definition) is 5. The van der Waals surface area contributed by atoms with Gasteiger partial charge in [-0.2, -0.15) is 11.3 Å². The van der Waals surface area contributed by atoms with Crippen LogP contribution in [-0.2, 0) is 0 Å². The van der Waals surface area contributed by atoms with Crippen molar-refractivity contribution in [2.75, 3.05) is 44.7 Å². The second-order valence-corrected chi connectivity index (χ2v) is 6.64. The summed E-state index contributed by atoms with van der Waals surface area (Å²) in [5.41, 5.74) is 2.22. The number of halogens is 2. The van der Waals surface area contributed by atoms with Crippen LogP contribution in [0, 0.1) is 0 Å². The predicted molar refractivity (Wildman–Crippen MR) is 110 cm³/mol. The number of benzene rings is 1. The highest BCUT2D eigenvalue weighted by Gasteiger charge is 2.20. The van der Waals surface area contributed by atoms with E-state index >= 15 is 0 Å². The zero-order valence-electron chi connectivity index (χ0n) is 14.3. The van der Waals surface area contributed by atoms with Crippen LogP contribution >= 0.6 is 36.2 Å². The minimum Gasteiger partial charge on any atom is -0.495 e. The number of piperazine rings is 1. The van der Waals surface area contributed by atoms with Gasteiger partial charge in [0.15, 0.2) is 0 Å². The molecule has 1 fully saturated rings. The molecule has 1 saturated heterocycles. The van der Waals surface area contributed by atoms with Gasteiger partial charge in [0.1, 0.15) is 5.75 Å². The van der Waals surface area contributed by atoms with E-state index < -0.39 is 0 Å². The van der Waals surface area contributed by atoms with Crippen LogP contribution in [0.3, 0.4) is 0 Å². The topological polar surface area (TPSA) is 35.9 Å². The van der Waals surface area contributed by atoms with Gasteiger partial charge in [0, 0.05) is 32.7 Å². The van der Waals surface area contributed by atoms with Gasteiger partial charge in [0.2, 0.25) is 0 Å². The highest BCUT2D eigenvalue weighted by atomic mass is 35.5. The summed E-state index contributed by atoms with van der Waals surface area (Å²) in [6.45, 7) is 4.98. The summed E-state index contributed by atoms with van der Waals surface area (Å²) in [7, 11) is 1.72. The first-order valence-electron chi connectivity index (χ1n) is 8.08. The highest BCUT2D eigenvalue weighted by molar-refractivity contribution is 7.07. The normalized spacial score (nSPS) is 15.8. The molecule has 2 aromatic rings. The lowest BCUT2D eigenvalue weighted by atomic mass is 10.1. The molecule has 1 aromatic heterocycles. The van der Waals surface area contributed by atoms with Crippen LogP contribution < -0.4 is 9.64 Å². The van der Waals surface area contributed by atoms with Crippen LogP contribution in [0.2, 0.25) is 0 Å². The van der Waals surface area contributed by atoms with E-state index in [1.54, 1.807) is 18.4 Å². The molecule has 1 aliphatic heterocycles. The molecule has 0 amide bonds. The summed E-state index contributed by atoms with van der Waals surface area (Å²) < 4.78 is 5.46. The molecule has 7 heteroatoms. The molecule has 1 aliphatic rings. The lowest BCUT2D eigenvalue weighted by Crippen LogP contribution is -2.46. The van der Waals surface area contributed by atoms with Crippen molar-refractivity contribution in [1.82, 2.24) is 4.90 Å². The molecule has 25 heavy (non-hydrogen) atoms. The SMILES string of the molecule is COc1ccccc1N1CCN(CCC(O)c2ccsc2)CC1.Cl.Cl. The molecule has 1 unspecified atom stereocenters. The van der Waals surface area contributed by atoms with Crippen molar-refractivity contribution in [3.63, 3.8) is 0 Å². The quantitative estimate of drug-likeness (QED) is 0.792. The van der Waals surface area contributed by atoms with Crippen molar-refractivity contribution < 1.29 is 9.84 Å². The first-order valence-corrected chi connectivity index (χ1v) is 9.02. The first-order chi connectivity index (χ1) is 11.3. The molecule has 0 saturated carbocycles. The Balaban J connectivity index is 0.00000156. The number of aliphatic hydroxyl groups is 1. The third-order valence-corrected chi connectivity index (χ3v) is 5.15. The van der Waals surface area contributed by atoms with Crippen molar-refractivity contribution in [3.05, 3.63) is 46.7 Å². The van der Waals surface area contributed by atoms with E-state index in [-0.39, 0.29) is 30.9 Å². The van der Waals surface area contributed by atoms with E-state index in [2.05, 4.69) is 21.9 Å². The van der Waals surface area contributed by atoms with Crippen molar-refractivity contribution in [1.29, 1.82) is 0 Å². The molecule has 0 radical (unpaired) electrons. The summed E-state index contributed by atoms with van der Waals surface area (Å²) in [5.74, 6) is 0.939. The molecule has 3 rings (SSSR count). The van der Waals surface area contributed by atoms with Crippen molar-refractivity contribution in [2.45, 2.75) is 12.5 Å². The van der Waals surface area contributed by atoms with E-state index in [4.69, 9.17) is 4.74 Å². The van der Waals surface area contributed by atoms with Gasteiger partial charge in [-0.1, -0.05) is 12.1 Å². The number of aliphatic hydroxyl groups excluding tert-OH is 1. The fraction of sp³-hybridized carbons (Fsp3) is 0.444. The maximum Gasteiger partial charge on any atom is 0.142 e. The number of para-hydroxylation sites is 2. The first kappa shape index (κ1) is 22.1. The Morgan fingerprint density at radius 2 is 1.84 bits per heavy atom. The van der Waals surface area contributed by atoms with E-state index in [9.17, 15) is 5.11 Å². The minimum atomic E-state index is -0.339. The van der Waals surface area contributed by atoms with Crippen molar-refractivity contribution in [3.8, 4) is 5.75 Å². The van der Waals surface area contributed by atoms with Gasteiger partial charge >= 0.3 is 0 Å². The van der Waals surface area contributed by atoms with Crippen LogP contribution in [0.1, 0.15) is 18.1 Å². The third kappa shape index (κ3) is 5.76. The Hall–Kier alpha value is -0.980. The monoisotopic (exact) mass is 404 g/mol. The molecule has 1 aromatic carbocycles. The van der Waals surface area contributed by atoms with Gasteiger partial charge in [0.05, 0.1) is 18.9 Å². The molecule has 1 atom stereocenters. The number of hydrogen-bond donors (Lipinski definition) is 1. The second kappa shape index (κ2) is 10.9. The van der Waals surface area contributed by atoms with E-state index in [1.807, 2.05) is 29.0 Å². The second-order valence-electron chi connectivity index (χ2n) is 5.86. The summed E-state index contributed by atoms with van der Waals surface area (Å²) >= 11 is 1.64. The molecule has 0 bridgehead atoms. The standard InChI is InChI=1S/C18H24N2O2S.2ClH/c1-22-18-5-3-2-4-16(18)20-11-9-19(10-12-20)8-6-17(21)15-7-13-23-14-15;;/h2-5,7,13-14,17,21H,6,8-12H2,1H3;2*1H.